The van der Waals surface area contributed by atoms with Crippen molar-refractivity contribution in [2.24, 2.45) is 11.7 Å². The minimum absolute atomic E-state index is 0.146. The molecule has 1 aliphatic carbocycles. The van der Waals surface area contributed by atoms with Crippen LogP contribution in [-0.2, 0) is 14.4 Å². The molecule has 0 aromatic heterocycles. The van der Waals surface area contributed by atoms with Crippen LogP contribution >= 0.6 is 0 Å². The lowest BCUT2D eigenvalue weighted by atomic mass is 9.83. The van der Waals surface area contributed by atoms with Crippen molar-refractivity contribution in [2.75, 3.05) is 6.54 Å². The number of nitrogens with two attached hydrogens (primary N) is 1. The van der Waals surface area contributed by atoms with E-state index in [0.717, 1.165) is 36.8 Å². The van der Waals surface area contributed by atoms with E-state index >= 15 is 0 Å². The average Bonchev–Trinajstić information content (AvgIpc) is 3.39. The number of aliphatic carboxylic acids is 1. The van der Waals surface area contributed by atoms with Gasteiger partial charge in [-0.25, -0.2) is 4.79 Å². The van der Waals surface area contributed by atoms with Gasteiger partial charge in [-0.05, 0) is 42.7 Å². The number of rotatable bonds is 8. The Morgan fingerprint density at radius 3 is 1.97 bits per heavy atom. The predicted octanol–water partition coefficient (Wildman–Crippen LogP) is 3.29. The van der Waals surface area contributed by atoms with Gasteiger partial charge in [0.05, 0.1) is 6.04 Å². The van der Waals surface area contributed by atoms with Crippen molar-refractivity contribution in [1.82, 2.24) is 10.2 Å². The topological polar surface area (TPSA) is 113 Å². The first-order valence-electron chi connectivity index (χ1n) is 12.7. The molecule has 35 heavy (non-hydrogen) atoms. The third kappa shape index (κ3) is 5.73. The Hall–Kier alpha value is -3.19. The second-order valence-corrected chi connectivity index (χ2v) is 9.74. The quantitative estimate of drug-likeness (QED) is 0.540. The smallest absolute Gasteiger partial charge is 0.327 e. The van der Waals surface area contributed by atoms with Crippen LogP contribution in [0.2, 0.25) is 0 Å². The van der Waals surface area contributed by atoms with Gasteiger partial charge in [-0.2, -0.15) is 0 Å². The van der Waals surface area contributed by atoms with Gasteiger partial charge in [-0.1, -0.05) is 79.9 Å². The highest BCUT2D eigenvalue weighted by molar-refractivity contribution is 5.92. The third-order valence-corrected chi connectivity index (χ3v) is 7.50. The molecule has 2 amide bonds. The molecule has 3 atom stereocenters. The van der Waals surface area contributed by atoms with Crippen molar-refractivity contribution in [1.29, 1.82) is 0 Å². The molecule has 0 bridgehead atoms. The molecule has 0 spiro atoms. The lowest BCUT2D eigenvalue weighted by molar-refractivity contribution is -0.144. The Balaban J connectivity index is 1.54. The van der Waals surface area contributed by atoms with E-state index in [4.69, 9.17) is 5.73 Å². The van der Waals surface area contributed by atoms with Gasteiger partial charge in [0.2, 0.25) is 11.8 Å². The normalized spacial score (nSPS) is 20.4. The molecule has 2 aromatic rings. The van der Waals surface area contributed by atoms with Gasteiger partial charge >= 0.3 is 5.97 Å². The molecule has 1 heterocycles. The fraction of sp³-hybridized carbons (Fsp3) is 0.464. The molecule has 3 unspecified atom stereocenters. The van der Waals surface area contributed by atoms with Gasteiger partial charge in [0, 0.05) is 12.5 Å². The van der Waals surface area contributed by atoms with Crippen LogP contribution in [0.3, 0.4) is 0 Å². The maximum absolute atomic E-state index is 13.4. The van der Waals surface area contributed by atoms with E-state index in [1.165, 1.54) is 6.42 Å². The molecule has 2 aliphatic rings. The summed E-state index contributed by atoms with van der Waals surface area (Å²) in [5.74, 6) is -2.17. The Kier molecular flexibility index (Phi) is 8.18. The monoisotopic (exact) mass is 477 g/mol. The highest BCUT2D eigenvalue weighted by Crippen LogP contribution is 2.30. The summed E-state index contributed by atoms with van der Waals surface area (Å²) < 4.78 is 0. The fourth-order valence-corrected chi connectivity index (χ4v) is 5.62. The van der Waals surface area contributed by atoms with Gasteiger partial charge in [0.15, 0.2) is 0 Å². The molecule has 0 radical (unpaired) electrons. The number of hydrogen-bond acceptors (Lipinski definition) is 4. The van der Waals surface area contributed by atoms with Crippen molar-refractivity contribution in [3.05, 3.63) is 71.8 Å². The van der Waals surface area contributed by atoms with Crippen LogP contribution in [0.5, 0.6) is 0 Å². The lowest BCUT2D eigenvalue weighted by Crippen LogP contribution is -2.56. The zero-order valence-electron chi connectivity index (χ0n) is 20.0. The minimum Gasteiger partial charge on any atom is -0.480 e. The zero-order chi connectivity index (χ0) is 24.8. The van der Waals surface area contributed by atoms with Crippen LogP contribution < -0.4 is 11.1 Å². The highest BCUT2D eigenvalue weighted by atomic mass is 16.4. The van der Waals surface area contributed by atoms with Gasteiger partial charge in [-0.15, -0.1) is 0 Å². The summed E-state index contributed by atoms with van der Waals surface area (Å²) in [5.41, 5.74) is 7.96. The molecule has 1 saturated heterocycles. The first-order chi connectivity index (χ1) is 17.0. The van der Waals surface area contributed by atoms with E-state index < -0.39 is 35.9 Å². The molecule has 7 nitrogen and oxygen atoms in total. The number of likely N-dealkylation sites (tertiary alicyclic amines) is 1. The maximum Gasteiger partial charge on any atom is 0.327 e. The number of carboxylic acids is 1. The second kappa shape index (κ2) is 11.5. The van der Waals surface area contributed by atoms with Gasteiger partial charge in [0.25, 0.3) is 0 Å². The van der Waals surface area contributed by atoms with E-state index in [1.807, 2.05) is 60.7 Å². The van der Waals surface area contributed by atoms with Gasteiger partial charge in [-0.3, -0.25) is 9.59 Å². The number of hydrogen-bond donors (Lipinski definition) is 3. The van der Waals surface area contributed by atoms with Crippen molar-refractivity contribution >= 4 is 17.8 Å². The molecular weight excluding hydrogens is 442 g/mol. The largest absolute Gasteiger partial charge is 0.480 e. The summed E-state index contributed by atoms with van der Waals surface area (Å²) in [6, 6.07) is 16.2. The molecule has 1 saturated carbocycles. The average molecular weight is 478 g/mol. The van der Waals surface area contributed by atoms with Crippen molar-refractivity contribution in [2.45, 2.75) is 69.0 Å². The number of carbonyl (C=O) groups excluding carboxylic acids is 2. The molecule has 4 N–H and O–H groups in total. The lowest BCUT2D eigenvalue weighted by Gasteiger charge is -2.33. The summed E-state index contributed by atoms with van der Waals surface area (Å²) in [6.45, 7) is 0.468. The minimum atomic E-state index is -1.18. The van der Waals surface area contributed by atoms with Crippen LogP contribution in [0.15, 0.2) is 60.7 Å². The van der Waals surface area contributed by atoms with E-state index in [9.17, 15) is 19.5 Å². The van der Waals surface area contributed by atoms with Gasteiger partial charge < -0.3 is 21.1 Å². The van der Waals surface area contributed by atoms with Crippen LogP contribution in [0.25, 0.3) is 0 Å². The third-order valence-electron chi connectivity index (χ3n) is 7.50. The van der Waals surface area contributed by atoms with Crippen LogP contribution in [0.1, 0.15) is 62.0 Å². The standard InChI is InChI=1S/C28H35N3O4/c29-24(21-15-8-3-9-16-21)27(33)31-18-10-17-22(31)26(32)30-25(28(34)35)23(19-11-4-1-5-12-19)20-13-6-2-7-14-20/h1-2,4-7,11-14,21-25H,3,8-10,15-18,29H2,(H,30,32)(H,34,35). The summed E-state index contributed by atoms with van der Waals surface area (Å²) >= 11 is 0. The summed E-state index contributed by atoms with van der Waals surface area (Å²) in [6.07, 6.45) is 6.41. The van der Waals surface area contributed by atoms with Crippen molar-refractivity contribution < 1.29 is 19.5 Å². The SMILES string of the molecule is NC(C(=O)N1CCCC1C(=O)NC(C(=O)O)C(c1ccccc1)c1ccccc1)C1CCCCC1. The van der Waals surface area contributed by atoms with E-state index in [0.29, 0.717) is 19.4 Å². The Bertz CT molecular complexity index is 968. The first kappa shape index (κ1) is 24.9. The number of nitrogens with zero attached hydrogens (tertiary/aromatic N) is 1. The molecular formula is C28H35N3O4. The molecule has 2 aromatic carbocycles. The fourth-order valence-electron chi connectivity index (χ4n) is 5.62. The Morgan fingerprint density at radius 1 is 0.857 bits per heavy atom. The van der Waals surface area contributed by atoms with Crippen LogP contribution in [0.4, 0.5) is 0 Å². The summed E-state index contributed by atoms with van der Waals surface area (Å²) in [7, 11) is 0. The number of nitrogens with one attached hydrogen (secondary N) is 1. The predicted molar refractivity (Wildman–Crippen MR) is 134 cm³/mol. The van der Waals surface area contributed by atoms with Crippen molar-refractivity contribution in [3.63, 3.8) is 0 Å². The highest BCUT2D eigenvalue weighted by Gasteiger charge is 2.41. The number of carbonyl (C=O) groups is 3. The summed E-state index contributed by atoms with van der Waals surface area (Å²) in [4.78, 5) is 40.7. The van der Waals surface area contributed by atoms with Crippen LogP contribution in [-0.4, -0.2) is 52.5 Å². The number of amides is 2. The van der Waals surface area contributed by atoms with Crippen molar-refractivity contribution in [3.8, 4) is 0 Å². The maximum atomic E-state index is 13.4. The molecule has 2 fully saturated rings. The Morgan fingerprint density at radius 2 is 1.43 bits per heavy atom. The van der Waals surface area contributed by atoms with Crippen LogP contribution in [0, 0.1) is 5.92 Å². The number of carboxylic acid groups (broad SMARTS) is 1. The van der Waals surface area contributed by atoms with E-state index in [2.05, 4.69) is 5.32 Å². The Labute approximate surface area is 206 Å². The molecule has 4 rings (SSSR count). The second-order valence-electron chi connectivity index (χ2n) is 9.74. The van der Waals surface area contributed by atoms with E-state index in [-0.39, 0.29) is 11.8 Å². The number of benzene rings is 2. The molecule has 186 valence electrons. The summed E-state index contributed by atoms with van der Waals surface area (Å²) in [5, 5.41) is 13.0. The first-order valence-corrected chi connectivity index (χ1v) is 12.7. The van der Waals surface area contributed by atoms with E-state index in [1.54, 1.807) is 4.90 Å². The zero-order valence-corrected chi connectivity index (χ0v) is 20.0. The van der Waals surface area contributed by atoms with Gasteiger partial charge in [0.1, 0.15) is 12.1 Å². The molecule has 7 heteroatoms. The molecule has 1 aliphatic heterocycles.